The third kappa shape index (κ3) is 3.70. The lowest BCUT2D eigenvalue weighted by molar-refractivity contribution is -0.298. The van der Waals surface area contributed by atoms with Gasteiger partial charge in [-0.15, -0.1) is 0 Å². The molecule has 1 heterocycles. The zero-order valence-electron chi connectivity index (χ0n) is 11.6. The number of ether oxygens (including phenoxy) is 3. The molecule has 7 nitrogen and oxygen atoms in total. The normalized spacial score (nSPS) is 32.9. The van der Waals surface area contributed by atoms with Gasteiger partial charge in [0.25, 0.3) is 0 Å². The Labute approximate surface area is 122 Å². The average Bonchev–Trinajstić information content (AvgIpc) is 2.51. The summed E-state index contributed by atoms with van der Waals surface area (Å²) >= 11 is 0. The van der Waals surface area contributed by atoms with Crippen molar-refractivity contribution < 1.29 is 34.6 Å². The second-order valence-electron chi connectivity index (χ2n) is 4.85. The molecule has 0 bridgehead atoms. The van der Waals surface area contributed by atoms with Crippen LogP contribution in [0.25, 0.3) is 0 Å². The minimum absolute atomic E-state index is 0.128. The van der Waals surface area contributed by atoms with E-state index in [2.05, 4.69) is 0 Å². The molecular weight excluding hydrogens is 280 g/mol. The lowest BCUT2D eigenvalue weighted by atomic mass is 9.99. The molecule has 0 spiro atoms. The van der Waals surface area contributed by atoms with Crippen LogP contribution in [0.3, 0.4) is 0 Å². The SMILES string of the molecule is COc1ccc(CO[C@@H]2[C@@H](O)[C@@H](O)[C@@H](CO)O[C@H]2O)cc1. The first-order valence-corrected chi connectivity index (χ1v) is 6.62. The second-order valence-corrected chi connectivity index (χ2v) is 4.85. The van der Waals surface area contributed by atoms with Crippen LogP contribution in [0.4, 0.5) is 0 Å². The molecule has 1 aliphatic heterocycles. The highest BCUT2D eigenvalue weighted by molar-refractivity contribution is 5.26. The highest BCUT2D eigenvalue weighted by Crippen LogP contribution is 2.23. The molecule has 1 saturated heterocycles. The standard InChI is InChI=1S/C14H20O7/c1-19-9-4-2-8(3-5-9)7-20-13-12(17)11(16)10(6-15)21-14(13)18/h2-5,10-18H,6-7H2,1H3/t10-,11+,12+,13-,14-/m1/s1. The van der Waals surface area contributed by atoms with Gasteiger partial charge in [0.15, 0.2) is 6.29 Å². The fourth-order valence-corrected chi connectivity index (χ4v) is 2.17. The van der Waals surface area contributed by atoms with E-state index in [0.29, 0.717) is 5.75 Å². The molecule has 7 heteroatoms. The molecule has 2 rings (SSSR count). The topological polar surface area (TPSA) is 109 Å². The van der Waals surface area contributed by atoms with Gasteiger partial charge in [0.1, 0.15) is 30.2 Å². The predicted molar refractivity (Wildman–Crippen MR) is 71.6 cm³/mol. The van der Waals surface area contributed by atoms with Crippen molar-refractivity contribution in [2.24, 2.45) is 0 Å². The van der Waals surface area contributed by atoms with Crippen molar-refractivity contribution in [2.45, 2.75) is 37.3 Å². The summed E-state index contributed by atoms with van der Waals surface area (Å²) in [5.74, 6) is 0.709. The Morgan fingerprint density at radius 1 is 1.10 bits per heavy atom. The minimum Gasteiger partial charge on any atom is -0.497 e. The van der Waals surface area contributed by atoms with E-state index in [1.54, 1.807) is 31.4 Å². The Morgan fingerprint density at radius 3 is 2.33 bits per heavy atom. The van der Waals surface area contributed by atoms with E-state index in [1.807, 2.05) is 0 Å². The molecule has 118 valence electrons. The molecular formula is C14H20O7. The van der Waals surface area contributed by atoms with Crippen LogP contribution in [0.5, 0.6) is 5.75 Å². The Kier molecular flexibility index (Phi) is 5.51. The van der Waals surface area contributed by atoms with Crippen molar-refractivity contribution in [2.75, 3.05) is 13.7 Å². The minimum atomic E-state index is -1.42. The lowest BCUT2D eigenvalue weighted by Gasteiger charge is -2.39. The van der Waals surface area contributed by atoms with Crippen LogP contribution in [0.15, 0.2) is 24.3 Å². The molecule has 0 saturated carbocycles. The molecule has 1 aliphatic rings. The summed E-state index contributed by atoms with van der Waals surface area (Å²) in [5.41, 5.74) is 0.814. The van der Waals surface area contributed by atoms with Crippen LogP contribution < -0.4 is 4.74 Å². The lowest BCUT2D eigenvalue weighted by Crippen LogP contribution is -2.59. The van der Waals surface area contributed by atoms with Gasteiger partial charge >= 0.3 is 0 Å². The van der Waals surface area contributed by atoms with Crippen LogP contribution in [0.2, 0.25) is 0 Å². The van der Waals surface area contributed by atoms with Gasteiger partial charge in [0.2, 0.25) is 0 Å². The summed E-state index contributed by atoms with van der Waals surface area (Å²) < 4.78 is 15.5. The van der Waals surface area contributed by atoms with Crippen LogP contribution in [0, 0.1) is 0 Å². The maximum atomic E-state index is 9.92. The van der Waals surface area contributed by atoms with E-state index in [-0.39, 0.29) is 6.61 Å². The molecule has 1 aromatic carbocycles. The zero-order chi connectivity index (χ0) is 15.4. The van der Waals surface area contributed by atoms with Crippen LogP contribution in [-0.2, 0) is 16.1 Å². The molecule has 4 N–H and O–H groups in total. The van der Waals surface area contributed by atoms with Crippen molar-refractivity contribution in [3.8, 4) is 5.75 Å². The first kappa shape index (κ1) is 16.2. The van der Waals surface area contributed by atoms with Crippen molar-refractivity contribution >= 4 is 0 Å². The molecule has 0 unspecified atom stereocenters. The van der Waals surface area contributed by atoms with Crippen LogP contribution in [0.1, 0.15) is 5.56 Å². The van der Waals surface area contributed by atoms with Crippen molar-refractivity contribution in [3.05, 3.63) is 29.8 Å². The highest BCUT2D eigenvalue weighted by Gasteiger charge is 2.44. The number of benzene rings is 1. The largest absolute Gasteiger partial charge is 0.497 e. The van der Waals surface area contributed by atoms with E-state index in [9.17, 15) is 15.3 Å². The summed E-state index contributed by atoms with van der Waals surface area (Å²) in [6.45, 7) is -0.372. The Morgan fingerprint density at radius 2 is 1.76 bits per heavy atom. The number of hydrogen-bond donors (Lipinski definition) is 4. The van der Waals surface area contributed by atoms with E-state index < -0.39 is 37.3 Å². The monoisotopic (exact) mass is 300 g/mol. The quantitative estimate of drug-likeness (QED) is 0.553. The Balaban J connectivity index is 1.95. The van der Waals surface area contributed by atoms with E-state index in [0.717, 1.165) is 5.56 Å². The number of rotatable bonds is 5. The average molecular weight is 300 g/mol. The molecule has 0 amide bonds. The zero-order valence-corrected chi connectivity index (χ0v) is 11.6. The maximum Gasteiger partial charge on any atom is 0.184 e. The fourth-order valence-electron chi connectivity index (χ4n) is 2.17. The van der Waals surface area contributed by atoms with Gasteiger partial charge in [0, 0.05) is 0 Å². The second kappa shape index (κ2) is 7.17. The number of hydrogen-bond acceptors (Lipinski definition) is 7. The summed E-state index contributed by atoms with van der Waals surface area (Å²) in [5, 5.41) is 38.4. The smallest absolute Gasteiger partial charge is 0.184 e. The molecule has 1 fully saturated rings. The number of aliphatic hydroxyl groups excluding tert-OH is 4. The van der Waals surface area contributed by atoms with Crippen molar-refractivity contribution in [1.82, 2.24) is 0 Å². The molecule has 0 aliphatic carbocycles. The molecule has 21 heavy (non-hydrogen) atoms. The van der Waals surface area contributed by atoms with Crippen LogP contribution >= 0.6 is 0 Å². The van der Waals surface area contributed by atoms with Gasteiger partial charge in [-0.1, -0.05) is 12.1 Å². The fraction of sp³-hybridized carbons (Fsp3) is 0.571. The summed E-state index contributed by atoms with van der Waals surface area (Å²) in [7, 11) is 1.57. The first-order chi connectivity index (χ1) is 10.1. The molecule has 0 radical (unpaired) electrons. The predicted octanol–water partition coefficient (Wildman–Crippen LogP) is -0.988. The van der Waals surface area contributed by atoms with Crippen molar-refractivity contribution in [3.63, 3.8) is 0 Å². The van der Waals surface area contributed by atoms with Gasteiger partial charge in [-0.05, 0) is 17.7 Å². The number of aliphatic hydroxyl groups is 4. The summed E-state index contributed by atoms with van der Waals surface area (Å²) in [6.07, 6.45) is -6.21. The van der Waals surface area contributed by atoms with E-state index in [4.69, 9.17) is 19.3 Å². The third-order valence-electron chi connectivity index (χ3n) is 3.44. The summed E-state index contributed by atoms with van der Waals surface area (Å²) in [6, 6.07) is 7.10. The van der Waals surface area contributed by atoms with Gasteiger partial charge in [-0.25, -0.2) is 0 Å². The maximum absolute atomic E-state index is 9.92. The van der Waals surface area contributed by atoms with Gasteiger partial charge in [0.05, 0.1) is 20.3 Å². The van der Waals surface area contributed by atoms with Gasteiger partial charge in [-0.3, -0.25) is 0 Å². The van der Waals surface area contributed by atoms with E-state index >= 15 is 0 Å². The van der Waals surface area contributed by atoms with Gasteiger partial charge in [-0.2, -0.15) is 0 Å². The Bertz CT molecular complexity index is 435. The third-order valence-corrected chi connectivity index (χ3v) is 3.44. The molecule has 0 aromatic heterocycles. The van der Waals surface area contributed by atoms with Crippen LogP contribution in [-0.4, -0.2) is 64.8 Å². The molecule has 1 aromatic rings. The molecule has 5 atom stereocenters. The van der Waals surface area contributed by atoms with E-state index in [1.165, 1.54) is 0 Å². The highest BCUT2D eigenvalue weighted by atomic mass is 16.7. The number of methoxy groups -OCH3 is 1. The van der Waals surface area contributed by atoms with Crippen molar-refractivity contribution in [1.29, 1.82) is 0 Å². The first-order valence-electron chi connectivity index (χ1n) is 6.62. The Hall–Kier alpha value is -1.22. The summed E-state index contributed by atoms with van der Waals surface area (Å²) in [4.78, 5) is 0. The van der Waals surface area contributed by atoms with Gasteiger partial charge < -0.3 is 34.6 Å².